The average Bonchev–Trinajstić information content (AvgIpc) is 2.70. The maximum atomic E-state index is 12.9. The molecule has 0 radical (unpaired) electrons. The van der Waals surface area contributed by atoms with E-state index in [1.54, 1.807) is 11.9 Å². The van der Waals surface area contributed by atoms with Crippen molar-refractivity contribution in [3.05, 3.63) is 35.5 Å². The Balaban J connectivity index is 2.00. The normalized spacial score (nSPS) is 14.6. The average molecular weight is 401 g/mol. The van der Waals surface area contributed by atoms with E-state index >= 15 is 0 Å². The standard InChI is InChI=1S/C23H36N4O2/c1-7-9-19(15-24-5)26(6)17-23(3,4)16-25-22(28)27-12-13-29-21-14-18(8-2)10-11-20(21)27/h9-11,14-15H,7-8,12-13,16-17H2,1-6H3,(H,25,28)/b19-9+,24-15-. The third kappa shape index (κ3) is 6.24. The molecule has 0 saturated heterocycles. The van der Waals surface area contributed by atoms with Crippen molar-refractivity contribution < 1.29 is 9.53 Å². The van der Waals surface area contributed by atoms with Crippen LogP contribution in [0, 0.1) is 5.41 Å². The molecule has 1 aromatic rings. The Morgan fingerprint density at radius 2 is 2.14 bits per heavy atom. The van der Waals surface area contributed by atoms with Gasteiger partial charge in [-0.2, -0.15) is 0 Å². The van der Waals surface area contributed by atoms with Gasteiger partial charge in [0.2, 0.25) is 0 Å². The number of ether oxygens (including phenoxy) is 1. The largest absolute Gasteiger partial charge is 0.490 e. The van der Waals surface area contributed by atoms with Crippen molar-refractivity contribution in [2.45, 2.75) is 40.5 Å². The van der Waals surface area contributed by atoms with Gasteiger partial charge < -0.3 is 15.0 Å². The molecule has 29 heavy (non-hydrogen) atoms. The number of aliphatic imine (C=N–C) groups is 1. The lowest BCUT2D eigenvalue weighted by Crippen LogP contribution is -2.48. The predicted molar refractivity (Wildman–Crippen MR) is 121 cm³/mol. The van der Waals surface area contributed by atoms with Crippen LogP contribution >= 0.6 is 0 Å². The molecule has 2 rings (SSSR count). The summed E-state index contributed by atoms with van der Waals surface area (Å²) in [7, 11) is 3.85. The van der Waals surface area contributed by atoms with Crippen LogP contribution in [0.4, 0.5) is 10.5 Å². The first kappa shape index (κ1) is 22.8. The number of allylic oxidation sites excluding steroid dienone is 2. The lowest BCUT2D eigenvalue weighted by atomic mass is 9.92. The first-order chi connectivity index (χ1) is 13.8. The molecule has 1 N–H and O–H groups in total. The van der Waals surface area contributed by atoms with Crippen LogP contribution < -0.4 is 15.0 Å². The Morgan fingerprint density at radius 1 is 1.38 bits per heavy atom. The number of benzene rings is 1. The Kier molecular flexibility index (Phi) is 8.11. The molecule has 160 valence electrons. The fourth-order valence-corrected chi connectivity index (χ4v) is 3.54. The van der Waals surface area contributed by atoms with Gasteiger partial charge in [-0.1, -0.05) is 39.8 Å². The Bertz CT molecular complexity index is 755. The molecule has 0 spiro atoms. The Labute approximate surface area is 175 Å². The minimum atomic E-state index is -0.0972. The van der Waals surface area contributed by atoms with Gasteiger partial charge in [0.05, 0.1) is 17.9 Å². The minimum absolute atomic E-state index is 0.0750. The van der Waals surface area contributed by atoms with Crippen LogP contribution in [0.1, 0.15) is 39.7 Å². The maximum absolute atomic E-state index is 12.9. The van der Waals surface area contributed by atoms with Crippen LogP contribution in [0.2, 0.25) is 0 Å². The molecule has 0 atom stereocenters. The van der Waals surface area contributed by atoms with E-state index in [2.05, 4.69) is 62.1 Å². The molecule has 6 heteroatoms. The second kappa shape index (κ2) is 10.3. The highest BCUT2D eigenvalue weighted by Gasteiger charge is 2.27. The SMILES string of the molecule is CC/C=C(\C=N/C)N(C)CC(C)(C)CNC(=O)N1CCOc2cc(CC)ccc21. The number of urea groups is 1. The highest BCUT2D eigenvalue weighted by molar-refractivity contribution is 5.94. The van der Waals surface area contributed by atoms with Gasteiger partial charge in [-0.3, -0.25) is 9.89 Å². The monoisotopic (exact) mass is 400 g/mol. The number of anilines is 1. The second-order valence-electron chi connectivity index (χ2n) is 8.26. The summed E-state index contributed by atoms with van der Waals surface area (Å²) < 4.78 is 5.77. The number of aryl methyl sites for hydroxylation is 1. The van der Waals surface area contributed by atoms with E-state index in [1.165, 1.54) is 5.56 Å². The maximum Gasteiger partial charge on any atom is 0.322 e. The van der Waals surface area contributed by atoms with E-state index in [4.69, 9.17) is 4.74 Å². The number of hydrogen-bond acceptors (Lipinski definition) is 4. The van der Waals surface area contributed by atoms with Crippen LogP contribution in [0.15, 0.2) is 35.0 Å². The summed E-state index contributed by atoms with van der Waals surface area (Å²) in [6.07, 6.45) is 5.95. The van der Waals surface area contributed by atoms with E-state index in [0.717, 1.165) is 36.5 Å². The van der Waals surface area contributed by atoms with Crippen molar-refractivity contribution in [3.63, 3.8) is 0 Å². The Morgan fingerprint density at radius 3 is 2.79 bits per heavy atom. The van der Waals surface area contributed by atoms with Gasteiger partial charge in [0.15, 0.2) is 0 Å². The molecule has 1 aliphatic heterocycles. The molecule has 2 amide bonds. The van der Waals surface area contributed by atoms with Crippen molar-refractivity contribution in [3.8, 4) is 5.75 Å². The van der Waals surface area contributed by atoms with E-state index in [1.807, 2.05) is 18.3 Å². The number of hydrogen-bond donors (Lipinski definition) is 1. The number of amides is 2. The summed E-state index contributed by atoms with van der Waals surface area (Å²) in [5.74, 6) is 0.790. The van der Waals surface area contributed by atoms with E-state index in [0.29, 0.717) is 19.7 Å². The van der Waals surface area contributed by atoms with Crippen LogP contribution in [0.3, 0.4) is 0 Å². The van der Waals surface area contributed by atoms with Gasteiger partial charge in [0, 0.05) is 33.4 Å². The van der Waals surface area contributed by atoms with Crippen molar-refractivity contribution in [1.82, 2.24) is 10.2 Å². The summed E-state index contributed by atoms with van der Waals surface area (Å²) in [5.41, 5.74) is 3.05. The summed E-state index contributed by atoms with van der Waals surface area (Å²) in [6.45, 7) is 11.0. The van der Waals surface area contributed by atoms with Crippen LogP contribution in [0.5, 0.6) is 5.75 Å². The van der Waals surface area contributed by atoms with Crippen molar-refractivity contribution >= 4 is 17.9 Å². The highest BCUT2D eigenvalue weighted by atomic mass is 16.5. The number of fused-ring (bicyclic) bond motifs is 1. The predicted octanol–water partition coefficient (Wildman–Crippen LogP) is 4.11. The lowest BCUT2D eigenvalue weighted by Gasteiger charge is -2.34. The summed E-state index contributed by atoms with van der Waals surface area (Å²) in [6, 6.07) is 6.00. The molecule has 1 aromatic carbocycles. The van der Waals surface area contributed by atoms with Gasteiger partial charge in [-0.25, -0.2) is 4.79 Å². The number of nitrogens with one attached hydrogen (secondary N) is 1. The first-order valence-corrected chi connectivity index (χ1v) is 10.5. The minimum Gasteiger partial charge on any atom is -0.490 e. The molecule has 0 bridgehead atoms. The topological polar surface area (TPSA) is 57.2 Å². The van der Waals surface area contributed by atoms with Crippen LogP contribution in [-0.4, -0.2) is 57.5 Å². The third-order valence-electron chi connectivity index (χ3n) is 5.04. The summed E-state index contributed by atoms with van der Waals surface area (Å²) in [4.78, 5) is 21.0. The van der Waals surface area contributed by atoms with Crippen LogP contribution in [0.25, 0.3) is 0 Å². The third-order valence-corrected chi connectivity index (χ3v) is 5.04. The van der Waals surface area contributed by atoms with Crippen molar-refractivity contribution in [1.29, 1.82) is 0 Å². The summed E-state index contributed by atoms with van der Waals surface area (Å²) in [5, 5.41) is 3.12. The molecular formula is C23H36N4O2. The van der Waals surface area contributed by atoms with Gasteiger partial charge in [-0.05, 0) is 36.0 Å². The fourth-order valence-electron chi connectivity index (χ4n) is 3.54. The molecule has 1 heterocycles. The molecular weight excluding hydrogens is 364 g/mol. The number of rotatable bonds is 8. The molecule has 0 unspecified atom stereocenters. The molecule has 6 nitrogen and oxygen atoms in total. The van der Waals surface area contributed by atoms with Gasteiger partial charge in [0.25, 0.3) is 0 Å². The molecule has 0 aliphatic carbocycles. The molecule has 0 aromatic heterocycles. The van der Waals surface area contributed by atoms with Crippen LogP contribution in [-0.2, 0) is 6.42 Å². The van der Waals surface area contributed by atoms with E-state index < -0.39 is 0 Å². The second-order valence-corrected chi connectivity index (χ2v) is 8.26. The number of nitrogens with zero attached hydrogens (tertiary/aromatic N) is 3. The quantitative estimate of drug-likeness (QED) is 0.668. The van der Waals surface area contributed by atoms with E-state index in [-0.39, 0.29) is 11.4 Å². The smallest absolute Gasteiger partial charge is 0.322 e. The van der Waals surface area contributed by atoms with Crippen molar-refractivity contribution in [2.75, 3.05) is 45.2 Å². The number of carbonyl (C=O) groups is 1. The van der Waals surface area contributed by atoms with Gasteiger partial charge >= 0.3 is 6.03 Å². The molecule has 1 aliphatic rings. The van der Waals surface area contributed by atoms with Gasteiger partial charge in [-0.15, -0.1) is 0 Å². The fraction of sp³-hybridized carbons (Fsp3) is 0.565. The molecule has 0 fully saturated rings. The van der Waals surface area contributed by atoms with E-state index in [9.17, 15) is 4.79 Å². The van der Waals surface area contributed by atoms with Gasteiger partial charge in [0.1, 0.15) is 12.4 Å². The highest BCUT2D eigenvalue weighted by Crippen LogP contribution is 2.32. The first-order valence-electron chi connectivity index (χ1n) is 10.5. The zero-order valence-corrected chi connectivity index (χ0v) is 18.8. The lowest BCUT2D eigenvalue weighted by molar-refractivity contribution is 0.220. The summed E-state index contributed by atoms with van der Waals surface area (Å²) >= 11 is 0. The Hall–Kier alpha value is -2.50. The number of carbonyl (C=O) groups excluding carboxylic acids is 1. The zero-order valence-electron chi connectivity index (χ0n) is 18.8. The molecule has 0 saturated carbocycles. The van der Waals surface area contributed by atoms with Crippen molar-refractivity contribution in [2.24, 2.45) is 10.4 Å². The zero-order chi connectivity index (χ0) is 21.4.